The van der Waals surface area contributed by atoms with Gasteiger partial charge in [0.1, 0.15) is 11.3 Å². The Hall–Kier alpha value is -1.36. The summed E-state index contributed by atoms with van der Waals surface area (Å²) in [4.78, 5) is 12.9. The summed E-state index contributed by atoms with van der Waals surface area (Å²) in [5, 5.41) is 3.40. The Kier molecular flexibility index (Phi) is 4.75. The molecule has 0 saturated carbocycles. The van der Waals surface area contributed by atoms with Gasteiger partial charge in [-0.15, -0.1) is 0 Å². The summed E-state index contributed by atoms with van der Waals surface area (Å²) in [6.07, 6.45) is 4.49. The molecule has 0 fully saturated rings. The second-order valence-electron chi connectivity index (χ2n) is 4.13. The number of thioether (sulfide) groups is 1. The number of hydrogen-bond donors (Lipinski definition) is 1. The number of hydrogen-bond acceptors (Lipinski definition) is 5. The van der Waals surface area contributed by atoms with Crippen LogP contribution in [-0.2, 0) is 0 Å². The first-order valence-electron chi connectivity index (χ1n) is 6.21. The highest BCUT2D eigenvalue weighted by Crippen LogP contribution is 2.13. The molecule has 18 heavy (non-hydrogen) atoms. The van der Waals surface area contributed by atoms with Crippen molar-refractivity contribution < 1.29 is 0 Å². The molecule has 0 aliphatic carbocycles. The van der Waals surface area contributed by atoms with Gasteiger partial charge in [0, 0.05) is 18.4 Å². The smallest absolute Gasteiger partial charge is 0.180 e. The molecule has 1 atom stereocenters. The number of nitrogens with one attached hydrogen (secondary N) is 1. The Labute approximate surface area is 112 Å². The molecular formula is C13H18N4S. The fraction of sp³-hybridized carbons (Fsp3) is 0.462. The van der Waals surface area contributed by atoms with Crippen molar-refractivity contribution in [3.8, 4) is 0 Å². The Morgan fingerprint density at radius 2 is 2.11 bits per heavy atom. The van der Waals surface area contributed by atoms with Crippen LogP contribution in [0.5, 0.6) is 0 Å². The van der Waals surface area contributed by atoms with Crippen LogP contribution in [0.4, 0.5) is 5.82 Å². The molecule has 0 amide bonds. The summed E-state index contributed by atoms with van der Waals surface area (Å²) in [5.41, 5.74) is 1.52. The number of anilines is 1. The Morgan fingerprint density at radius 3 is 2.94 bits per heavy atom. The number of aromatic nitrogens is 3. The van der Waals surface area contributed by atoms with Gasteiger partial charge in [-0.3, -0.25) is 4.98 Å². The van der Waals surface area contributed by atoms with Gasteiger partial charge in [-0.25, -0.2) is 9.97 Å². The summed E-state index contributed by atoms with van der Waals surface area (Å²) in [5.74, 6) is 3.23. The van der Waals surface area contributed by atoms with Crippen molar-refractivity contribution in [3.05, 3.63) is 24.5 Å². The van der Waals surface area contributed by atoms with Crippen LogP contribution >= 0.6 is 11.8 Å². The lowest BCUT2D eigenvalue weighted by Gasteiger charge is -2.14. The zero-order chi connectivity index (χ0) is 12.8. The third-order valence-electron chi connectivity index (χ3n) is 2.63. The second-order valence-corrected chi connectivity index (χ2v) is 5.52. The van der Waals surface area contributed by atoms with Crippen LogP contribution in [0, 0.1) is 0 Å². The largest absolute Gasteiger partial charge is 0.368 e. The standard InChI is InChI=1S/C13H18N4S/c1-3-18-9-6-10(2)16-12-5-4-11-13(17-12)15-8-7-14-11/h4-5,7-8,10H,3,6,9H2,1-2H3,(H,15,16,17). The average Bonchev–Trinajstić information content (AvgIpc) is 2.39. The van der Waals surface area contributed by atoms with Crippen molar-refractivity contribution in [2.45, 2.75) is 26.3 Å². The summed E-state index contributed by atoms with van der Waals surface area (Å²) >= 11 is 1.97. The highest BCUT2D eigenvalue weighted by atomic mass is 32.2. The van der Waals surface area contributed by atoms with E-state index in [2.05, 4.69) is 34.1 Å². The Bertz CT molecular complexity index is 503. The molecule has 0 spiro atoms. The van der Waals surface area contributed by atoms with Gasteiger partial charge in [0.2, 0.25) is 0 Å². The minimum Gasteiger partial charge on any atom is -0.368 e. The third kappa shape index (κ3) is 3.57. The van der Waals surface area contributed by atoms with Crippen LogP contribution in [0.1, 0.15) is 20.3 Å². The average molecular weight is 262 g/mol. The predicted octanol–water partition coefficient (Wildman–Crippen LogP) is 2.97. The molecule has 2 rings (SSSR count). The summed E-state index contributed by atoms with van der Waals surface area (Å²) in [6.45, 7) is 4.37. The molecule has 0 aromatic carbocycles. The number of rotatable bonds is 6. The van der Waals surface area contributed by atoms with Crippen LogP contribution in [0.2, 0.25) is 0 Å². The molecule has 2 aromatic heterocycles. The molecule has 96 valence electrons. The van der Waals surface area contributed by atoms with E-state index in [1.165, 1.54) is 11.5 Å². The molecule has 4 nitrogen and oxygen atoms in total. The van der Waals surface area contributed by atoms with E-state index in [9.17, 15) is 0 Å². The van der Waals surface area contributed by atoms with E-state index in [0.29, 0.717) is 11.7 Å². The van der Waals surface area contributed by atoms with E-state index >= 15 is 0 Å². The topological polar surface area (TPSA) is 50.7 Å². The number of fused-ring (bicyclic) bond motifs is 1. The zero-order valence-electron chi connectivity index (χ0n) is 10.8. The van der Waals surface area contributed by atoms with Crippen molar-refractivity contribution in [2.24, 2.45) is 0 Å². The minimum atomic E-state index is 0.422. The van der Waals surface area contributed by atoms with E-state index in [1.807, 2.05) is 23.9 Å². The molecule has 0 aliphatic heterocycles. The first kappa shape index (κ1) is 13.1. The zero-order valence-corrected chi connectivity index (χ0v) is 11.6. The van der Waals surface area contributed by atoms with Crippen LogP contribution in [-0.4, -0.2) is 32.5 Å². The maximum Gasteiger partial charge on any atom is 0.180 e. The Balaban J connectivity index is 1.98. The monoisotopic (exact) mass is 262 g/mol. The van der Waals surface area contributed by atoms with Crippen LogP contribution in [0.25, 0.3) is 11.2 Å². The predicted molar refractivity (Wildman–Crippen MR) is 78.0 cm³/mol. The third-order valence-corrected chi connectivity index (χ3v) is 3.56. The molecule has 2 aromatic rings. The van der Waals surface area contributed by atoms with Gasteiger partial charge in [0.05, 0.1) is 0 Å². The van der Waals surface area contributed by atoms with Gasteiger partial charge in [-0.1, -0.05) is 6.92 Å². The molecule has 1 N–H and O–H groups in total. The lowest BCUT2D eigenvalue weighted by Crippen LogP contribution is -2.16. The lowest BCUT2D eigenvalue weighted by atomic mass is 10.2. The van der Waals surface area contributed by atoms with Gasteiger partial charge in [0.25, 0.3) is 0 Å². The van der Waals surface area contributed by atoms with Crippen LogP contribution in [0.15, 0.2) is 24.5 Å². The molecule has 1 unspecified atom stereocenters. The fourth-order valence-corrected chi connectivity index (χ4v) is 2.47. The molecule has 0 bridgehead atoms. The molecule has 0 radical (unpaired) electrons. The second kappa shape index (κ2) is 6.54. The van der Waals surface area contributed by atoms with Crippen molar-refractivity contribution in [1.82, 2.24) is 15.0 Å². The summed E-state index contributed by atoms with van der Waals surface area (Å²) in [6, 6.07) is 4.33. The van der Waals surface area contributed by atoms with Gasteiger partial charge >= 0.3 is 0 Å². The normalized spacial score (nSPS) is 12.6. The molecular weight excluding hydrogens is 244 g/mol. The quantitative estimate of drug-likeness (QED) is 0.811. The maximum atomic E-state index is 4.45. The molecule has 5 heteroatoms. The first-order valence-corrected chi connectivity index (χ1v) is 7.37. The van der Waals surface area contributed by atoms with Gasteiger partial charge in [-0.2, -0.15) is 11.8 Å². The van der Waals surface area contributed by atoms with Crippen molar-refractivity contribution in [3.63, 3.8) is 0 Å². The molecule has 0 aliphatic rings. The van der Waals surface area contributed by atoms with E-state index in [1.54, 1.807) is 12.4 Å². The number of pyridine rings is 1. The summed E-state index contributed by atoms with van der Waals surface area (Å²) < 4.78 is 0. The lowest BCUT2D eigenvalue weighted by molar-refractivity contribution is 0.767. The molecule has 0 saturated heterocycles. The minimum absolute atomic E-state index is 0.422. The van der Waals surface area contributed by atoms with E-state index in [4.69, 9.17) is 0 Å². The van der Waals surface area contributed by atoms with E-state index in [-0.39, 0.29) is 0 Å². The Morgan fingerprint density at radius 1 is 1.28 bits per heavy atom. The fourth-order valence-electron chi connectivity index (χ4n) is 1.66. The maximum absolute atomic E-state index is 4.45. The first-order chi connectivity index (χ1) is 8.79. The van der Waals surface area contributed by atoms with Gasteiger partial charge < -0.3 is 5.32 Å². The van der Waals surface area contributed by atoms with E-state index < -0.39 is 0 Å². The molecule has 2 heterocycles. The summed E-state index contributed by atoms with van der Waals surface area (Å²) in [7, 11) is 0. The van der Waals surface area contributed by atoms with Crippen LogP contribution in [0.3, 0.4) is 0 Å². The van der Waals surface area contributed by atoms with Gasteiger partial charge in [0.15, 0.2) is 5.65 Å². The van der Waals surface area contributed by atoms with E-state index in [0.717, 1.165) is 17.8 Å². The van der Waals surface area contributed by atoms with Crippen molar-refractivity contribution in [1.29, 1.82) is 0 Å². The van der Waals surface area contributed by atoms with Crippen LogP contribution < -0.4 is 5.32 Å². The highest BCUT2D eigenvalue weighted by Gasteiger charge is 2.04. The number of nitrogens with zero attached hydrogens (tertiary/aromatic N) is 3. The van der Waals surface area contributed by atoms with Crippen molar-refractivity contribution >= 4 is 28.7 Å². The van der Waals surface area contributed by atoms with Gasteiger partial charge in [-0.05, 0) is 37.0 Å². The highest BCUT2D eigenvalue weighted by molar-refractivity contribution is 7.99. The SMILES string of the molecule is CCSCCC(C)Nc1ccc2nccnc2n1. The van der Waals surface area contributed by atoms with Crippen molar-refractivity contribution in [2.75, 3.05) is 16.8 Å².